The molecule has 164 valence electrons. The van der Waals surface area contributed by atoms with Crippen LogP contribution in [0.5, 0.6) is 5.75 Å². The summed E-state index contributed by atoms with van der Waals surface area (Å²) >= 11 is 0. The summed E-state index contributed by atoms with van der Waals surface area (Å²) in [6.45, 7) is 4.07. The first kappa shape index (κ1) is 24.3. The third-order valence-electron chi connectivity index (χ3n) is 6.05. The van der Waals surface area contributed by atoms with E-state index in [1.54, 1.807) is 0 Å². The molecule has 2 aromatic rings. The van der Waals surface area contributed by atoms with Gasteiger partial charge in [-0.05, 0) is 96.7 Å². The van der Waals surface area contributed by atoms with Crippen molar-refractivity contribution in [2.24, 2.45) is 11.8 Å². The topological polar surface area (TPSA) is 41.7 Å². The van der Waals surface area contributed by atoms with Crippen LogP contribution in [0, 0.1) is 11.8 Å². The van der Waals surface area contributed by atoms with Crippen molar-refractivity contribution in [3.63, 3.8) is 0 Å². The standard InChI is InChI=1S/C22H33N3O2.2ClH/c1-24(2)14-19-21(26-15-17-4-5-17)9-7-18-20(23-27-22(18)19)8-6-16-10-12-25(3)13-11-16;;/h7,9,16-17H,4-6,8,10-15H2,1-3H3;2*1H. The molecule has 29 heavy (non-hydrogen) atoms. The number of rotatable bonds is 8. The Morgan fingerprint density at radius 2 is 1.83 bits per heavy atom. The van der Waals surface area contributed by atoms with Crippen molar-refractivity contribution in [2.75, 3.05) is 40.8 Å². The van der Waals surface area contributed by atoms with Crippen LogP contribution in [0.15, 0.2) is 16.7 Å². The van der Waals surface area contributed by atoms with E-state index >= 15 is 0 Å². The smallest absolute Gasteiger partial charge is 0.175 e. The van der Waals surface area contributed by atoms with E-state index in [0.717, 1.165) is 54.0 Å². The Bertz CT molecular complexity index is 769. The van der Waals surface area contributed by atoms with E-state index in [0.29, 0.717) is 0 Å². The van der Waals surface area contributed by atoms with Gasteiger partial charge in [0.1, 0.15) is 5.75 Å². The van der Waals surface area contributed by atoms with E-state index in [2.05, 4.69) is 48.2 Å². The van der Waals surface area contributed by atoms with Gasteiger partial charge in [0, 0.05) is 11.9 Å². The monoisotopic (exact) mass is 443 g/mol. The van der Waals surface area contributed by atoms with Crippen LogP contribution in [0.1, 0.15) is 43.4 Å². The fraction of sp³-hybridized carbons (Fsp3) is 0.682. The van der Waals surface area contributed by atoms with Crippen molar-refractivity contribution in [3.05, 3.63) is 23.4 Å². The molecule has 4 rings (SSSR count). The number of likely N-dealkylation sites (tertiary alicyclic amines) is 1. The minimum absolute atomic E-state index is 0. The van der Waals surface area contributed by atoms with Crippen LogP contribution in [0.4, 0.5) is 0 Å². The predicted octanol–water partition coefficient (Wildman–Crippen LogP) is 4.80. The van der Waals surface area contributed by atoms with Gasteiger partial charge in [0.05, 0.1) is 17.9 Å². The van der Waals surface area contributed by atoms with E-state index in [4.69, 9.17) is 9.26 Å². The maximum Gasteiger partial charge on any atom is 0.175 e. The van der Waals surface area contributed by atoms with Gasteiger partial charge < -0.3 is 19.1 Å². The molecule has 0 unspecified atom stereocenters. The third-order valence-corrected chi connectivity index (χ3v) is 6.05. The van der Waals surface area contributed by atoms with Gasteiger partial charge in [-0.2, -0.15) is 0 Å². The van der Waals surface area contributed by atoms with Gasteiger partial charge in [-0.1, -0.05) is 5.16 Å². The number of benzene rings is 1. The maximum absolute atomic E-state index is 6.13. The van der Waals surface area contributed by atoms with Crippen LogP contribution in [-0.2, 0) is 13.0 Å². The molecule has 5 nitrogen and oxygen atoms in total. The number of nitrogens with zero attached hydrogens (tertiary/aromatic N) is 3. The van der Waals surface area contributed by atoms with Gasteiger partial charge in [-0.3, -0.25) is 0 Å². The van der Waals surface area contributed by atoms with Crippen LogP contribution >= 0.6 is 24.8 Å². The lowest BCUT2D eigenvalue weighted by atomic mass is 9.91. The summed E-state index contributed by atoms with van der Waals surface area (Å²) in [6, 6.07) is 4.27. The van der Waals surface area contributed by atoms with Crippen molar-refractivity contribution in [3.8, 4) is 5.75 Å². The van der Waals surface area contributed by atoms with Gasteiger partial charge in [0.2, 0.25) is 0 Å². The highest BCUT2D eigenvalue weighted by Crippen LogP contribution is 2.35. The van der Waals surface area contributed by atoms with E-state index in [1.165, 1.54) is 50.6 Å². The van der Waals surface area contributed by atoms with E-state index < -0.39 is 0 Å². The molecule has 1 aliphatic carbocycles. The zero-order valence-corrected chi connectivity index (χ0v) is 19.5. The number of ether oxygens (including phenoxy) is 1. The zero-order valence-electron chi connectivity index (χ0n) is 17.9. The number of aromatic nitrogens is 1. The SMILES string of the molecule is CN(C)Cc1c(OCC2CC2)ccc2c(CCC3CCN(C)CC3)noc12.Cl.Cl. The second kappa shape index (κ2) is 10.9. The highest BCUT2D eigenvalue weighted by Gasteiger charge is 2.24. The number of hydrogen-bond acceptors (Lipinski definition) is 5. The summed E-state index contributed by atoms with van der Waals surface area (Å²) < 4.78 is 12.0. The summed E-state index contributed by atoms with van der Waals surface area (Å²) in [5, 5.41) is 5.62. The van der Waals surface area contributed by atoms with E-state index in [9.17, 15) is 0 Å². The van der Waals surface area contributed by atoms with Crippen LogP contribution in [0.2, 0.25) is 0 Å². The molecule has 0 N–H and O–H groups in total. The summed E-state index contributed by atoms with van der Waals surface area (Å²) in [5.74, 6) is 2.52. The number of fused-ring (bicyclic) bond motifs is 1. The maximum atomic E-state index is 6.13. The Labute approximate surface area is 186 Å². The highest BCUT2D eigenvalue weighted by atomic mass is 35.5. The first-order valence-electron chi connectivity index (χ1n) is 10.5. The van der Waals surface area contributed by atoms with E-state index in [1.807, 2.05) is 0 Å². The molecule has 1 saturated carbocycles. The Morgan fingerprint density at radius 3 is 2.48 bits per heavy atom. The molecule has 0 amide bonds. The zero-order chi connectivity index (χ0) is 18.8. The highest BCUT2D eigenvalue weighted by molar-refractivity contribution is 5.86. The number of halogens is 2. The average Bonchev–Trinajstić information content (AvgIpc) is 3.39. The van der Waals surface area contributed by atoms with Gasteiger partial charge in [0.25, 0.3) is 0 Å². The number of aryl methyl sites for hydroxylation is 1. The van der Waals surface area contributed by atoms with Crippen molar-refractivity contribution in [1.82, 2.24) is 15.0 Å². The minimum atomic E-state index is 0. The molecular weight excluding hydrogens is 409 g/mol. The summed E-state index contributed by atoms with van der Waals surface area (Å²) in [5.41, 5.74) is 3.16. The molecular formula is C22H35Cl2N3O2. The van der Waals surface area contributed by atoms with Crippen molar-refractivity contribution < 1.29 is 9.26 Å². The van der Waals surface area contributed by atoms with Crippen molar-refractivity contribution in [1.29, 1.82) is 0 Å². The average molecular weight is 444 g/mol. The van der Waals surface area contributed by atoms with Crippen LogP contribution in [0.3, 0.4) is 0 Å². The molecule has 2 aliphatic rings. The molecule has 1 saturated heterocycles. The summed E-state index contributed by atoms with van der Waals surface area (Å²) in [4.78, 5) is 4.60. The molecule has 2 heterocycles. The lowest BCUT2D eigenvalue weighted by molar-refractivity contribution is 0.212. The quantitative estimate of drug-likeness (QED) is 0.585. The molecule has 0 atom stereocenters. The Balaban J connectivity index is 0.00000150. The summed E-state index contributed by atoms with van der Waals surface area (Å²) in [7, 11) is 6.39. The number of hydrogen-bond donors (Lipinski definition) is 0. The molecule has 2 fully saturated rings. The molecule has 0 radical (unpaired) electrons. The first-order valence-corrected chi connectivity index (χ1v) is 10.5. The fourth-order valence-corrected chi connectivity index (χ4v) is 4.06. The predicted molar refractivity (Wildman–Crippen MR) is 123 cm³/mol. The largest absolute Gasteiger partial charge is 0.493 e. The van der Waals surface area contributed by atoms with Gasteiger partial charge in [-0.15, -0.1) is 24.8 Å². The van der Waals surface area contributed by atoms with Gasteiger partial charge in [-0.25, -0.2) is 0 Å². The third kappa shape index (κ3) is 6.24. The Kier molecular flexibility index (Phi) is 9.08. The lowest BCUT2D eigenvalue weighted by Gasteiger charge is -2.28. The second-order valence-corrected chi connectivity index (χ2v) is 8.83. The second-order valence-electron chi connectivity index (χ2n) is 8.83. The van der Waals surface area contributed by atoms with Crippen LogP contribution < -0.4 is 4.74 Å². The Hall–Kier alpha value is -1.01. The first-order chi connectivity index (χ1) is 13.1. The molecule has 1 aromatic heterocycles. The lowest BCUT2D eigenvalue weighted by Crippen LogP contribution is -2.30. The van der Waals surface area contributed by atoms with Gasteiger partial charge >= 0.3 is 0 Å². The minimum Gasteiger partial charge on any atom is -0.493 e. The van der Waals surface area contributed by atoms with E-state index in [-0.39, 0.29) is 24.8 Å². The van der Waals surface area contributed by atoms with Crippen LogP contribution in [-0.4, -0.2) is 55.8 Å². The summed E-state index contributed by atoms with van der Waals surface area (Å²) in [6.07, 6.45) is 7.42. The van der Waals surface area contributed by atoms with Gasteiger partial charge in [0.15, 0.2) is 5.58 Å². The van der Waals surface area contributed by atoms with Crippen molar-refractivity contribution in [2.45, 2.75) is 45.1 Å². The van der Waals surface area contributed by atoms with Crippen LogP contribution in [0.25, 0.3) is 11.0 Å². The number of piperidine rings is 1. The molecule has 0 bridgehead atoms. The fourth-order valence-electron chi connectivity index (χ4n) is 4.06. The van der Waals surface area contributed by atoms with Crippen molar-refractivity contribution >= 4 is 35.8 Å². The normalized spacial score (nSPS) is 17.9. The molecule has 1 aromatic carbocycles. The molecule has 0 spiro atoms. The molecule has 7 heteroatoms. The molecule has 1 aliphatic heterocycles. The Morgan fingerprint density at radius 1 is 1.10 bits per heavy atom.